The first kappa shape index (κ1) is 13.5. The molecule has 0 radical (unpaired) electrons. The molecule has 20 heavy (non-hydrogen) atoms. The highest BCUT2D eigenvalue weighted by Gasteiger charge is 2.13. The van der Waals surface area contributed by atoms with Crippen molar-refractivity contribution in [3.63, 3.8) is 0 Å². The standard InChI is InChI=1S/C14H12N4O2/c15-10-12-1-2-14(18(19)20)13(9-12)17-8-5-11-3-6-16-7-4-11/h1-4,6-7,9,17H,5,8H2. The Morgan fingerprint density at radius 1 is 1.30 bits per heavy atom. The monoisotopic (exact) mass is 268 g/mol. The molecule has 0 saturated heterocycles. The Kier molecular flexibility index (Phi) is 4.24. The average Bonchev–Trinajstić information content (AvgIpc) is 2.48. The molecule has 1 N–H and O–H groups in total. The smallest absolute Gasteiger partial charge is 0.292 e. The minimum atomic E-state index is -0.462. The van der Waals surface area contributed by atoms with Gasteiger partial charge in [0.05, 0.1) is 16.6 Å². The summed E-state index contributed by atoms with van der Waals surface area (Å²) >= 11 is 0. The second-order valence-electron chi connectivity index (χ2n) is 4.13. The van der Waals surface area contributed by atoms with Gasteiger partial charge in [0, 0.05) is 25.0 Å². The summed E-state index contributed by atoms with van der Waals surface area (Å²) in [6.45, 7) is 0.541. The highest BCUT2D eigenvalue weighted by molar-refractivity contribution is 5.64. The van der Waals surface area contributed by atoms with Crippen molar-refractivity contribution in [2.45, 2.75) is 6.42 Å². The van der Waals surface area contributed by atoms with Crippen LogP contribution in [0.15, 0.2) is 42.7 Å². The second kappa shape index (κ2) is 6.29. The summed E-state index contributed by atoms with van der Waals surface area (Å²) in [6, 6.07) is 10.0. The number of nitro groups is 1. The maximum atomic E-state index is 10.9. The third-order valence-electron chi connectivity index (χ3n) is 2.80. The highest BCUT2D eigenvalue weighted by Crippen LogP contribution is 2.25. The number of rotatable bonds is 5. The molecule has 0 unspecified atom stereocenters. The predicted molar refractivity (Wildman–Crippen MR) is 74.2 cm³/mol. The molecule has 0 spiro atoms. The lowest BCUT2D eigenvalue weighted by molar-refractivity contribution is -0.384. The number of hydrogen-bond donors (Lipinski definition) is 1. The van der Waals surface area contributed by atoms with Gasteiger partial charge >= 0.3 is 0 Å². The van der Waals surface area contributed by atoms with E-state index < -0.39 is 4.92 Å². The topological polar surface area (TPSA) is 91.8 Å². The van der Waals surface area contributed by atoms with E-state index in [1.54, 1.807) is 12.4 Å². The molecule has 1 aromatic carbocycles. The number of benzene rings is 1. The zero-order valence-electron chi connectivity index (χ0n) is 10.6. The number of nitrogens with one attached hydrogen (secondary N) is 1. The van der Waals surface area contributed by atoms with Gasteiger partial charge < -0.3 is 5.32 Å². The summed E-state index contributed by atoms with van der Waals surface area (Å²) in [5.41, 5.74) is 1.82. The quantitative estimate of drug-likeness (QED) is 0.664. The lowest BCUT2D eigenvalue weighted by Crippen LogP contribution is -2.07. The summed E-state index contributed by atoms with van der Waals surface area (Å²) < 4.78 is 0. The predicted octanol–water partition coefficient (Wildman–Crippen LogP) is 2.52. The van der Waals surface area contributed by atoms with Crippen LogP contribution in [0.3, 0.4) is 0 Å². The van der Waals surface area contributed by atoms with Crippen LogP contribution in [-0.2, 0) is 6.42 Å². The van der Waals surface area contributed by atoms with Crippen LogP contribution >= 0.6 is 0 Å². The average molecular weight is 268 g/mol. The second-order valence-corrected chi connectivity index (χ2v) is 4.13. The van der Waals surface area contributed by atoms with E-state index in [4.69, 9.17) is 5.26 Å². The Balaban J connectivity index is 2.08. The van der Waals surface area contributed by atoms with Crippen molar-refractivity contribution in [2.24, 2.45) is 0 Å². The zero-order valence-corrected chi connectivity index (χ0v) is 10.6. The SMILES string of the molecule is N#Cc1ccc([N+](=O)[O-])c(NCCc2ccncc2)c1. The van der Waals surface area contributed by atoms with Crippen molar-refractivity contribution < 1.29 is 4.92 Å². The van der Waals surface area contributed by atoms with Crippen molar-refractivity contribution in [3.8, 4) is 6.07 Å². The number of anilines is 1. The van der Waals surface area contributed by atoms with E-state index in [1.807, 2.05) is 18.2 Å². The summed E-state index contributed by atoms with van der Waals surface area (Å²) in [5, 5.41) is 22.8. The van der Waals surface area contributed by atoms with Gasteiger partial charge in [-0.3, -0.25) is 15.1 Å². The minimum absolute atomic E-state index is 0.0290. The Labute approximate surface area is 115 Å². The molecular formula is C14H12N4O2. The Morgan fingerprint density at radius 2 is 2.05 bits per heavy atom. The molecule has 2 aromatic rings. The molecule has 6 nitrogen and oxygen atoms in total. The number of pyridine rings is 1. The van der Waals surface area contributed by atoms with E-state index in [0.717, 1.165) is 12.0 Å². The van der Waals surface area contributed by atoms with Crippen molar-refractivity contribution in [1.29, 1.82) is 5.26 Å². The van der Waals surface area contributed by atoms with Crippen LogP contribution in [0.25, 0.3) is 0 Å². The van der Waals surface area contributed by atoms with Crippen LogP contribution in [0, 0.1) is 21.4 Å². The molecule has 0 aliphatic rings. The summed E-state index contributed by atoms with van der Waals surface area (Å²) in [5.74, 6) is 0. The van der Waals surface area contributed by atoms with Crippen LogP contribution in [0.5, 0.6) is 0 Å². The number of nitriles is 1. The number of nitrogens with zero attached hydrogens (tertiary/aromatic N) is 3. The molecule has 100 valence electrons. The molecule has 0 fully saturated rings. The summed E-state index contributed by atoms with van der Waals surface area (Å²) in [7, 11) is 0. The van der Waals surface area contributed by atoms with Crippen molar-refractivity contribution in [1.82, 2.24) is 4.98 Å². The first-order valence-electron chi connectivity index (χ1n) is 6.02. The fourth-order valence-corrected chi connectivity index (χ4v) is 1.80. The first-order valence-corrected chi connectivity index (χ1v) is 6.02. The van der Waals surface area contributed by atoms with Gasteiger partial charge in [0.2, 0.25) is 0 Å². The first-order chi connectivity index (χ1) is 9.70. The number of aromatic nitrogens is 1. The van der Waals surface area contributed by atoms with Crippen LogP contribution in [-0.4, -0.2) is 16.5 Å². The van der Waals surface area contributed by atoms with Crippen molar-refractivity contribution >= 4 is 11.4 Å². The molecular weight excluding hydrogens is 256 g/mol. The van der Waals surface area contributed by atoms with Crippen molar-refractivity contribution in [2.75, 3.05) is 11.9 Å². The van der Waals surface area contributed by atoms with E-state index in [-0.39, 0.29) is 5.69 Å². The molecule has 0 atom stereocenters. The van der Waals surface area contributed by atoms with E-state index >= 15 is 0 Å². The number of hydrogen-bond acceptors (Lipinski definition) is 5. The molecule has 0 aliphatic carbocycles. The third-order valence-corrected chi connectivity index (χ3v) is 2.80. The Morgan fingerprint density at radius 3 is 2.70 bits per heavy atom. The van der Waals surface area contributed by atoms with Gasteiger partial charge in [-0.15, -0.1) is 0 Å². The molecule has 6 heteroatoms. The fourth-order valence-electron chi connectivity index (χ4n) is 1.80. The maximum absolute atomic E-state index is 10.9. The van der Waals surface area contributed by atoms with Crippen LogP contribution in [0.2, 0.25) is 0 Å². The Bertz CT molecular complexity index is 650. The van der Waals surface area contributed by atoms with Crippen LogP contribution in [0.1, 0.15) is 11.1 Å². The van der Waals surface area contributed by atoms with Gasteiger partial charge in [-0.2, -0.15) is 5.26 Å². The molecule has 1 aromatic heterocycles. The van der Waals surface area contributed by atoms with Gasteiger partial charge in [0.15, 0.2) is 0 Å². The van der Waals surface area contributed by atoms with E-state index in [1.165, 1.54) is 18.2 Å². The van der Waals surface area contributed by atoms with Gasteiger partial charge in [0.1, 0.15) is 5.69 Å². The fraction of sp³-hybridized carbons (Fsp3) is 0.143. The van der Waals surface area contributed by atoms with Gasteiger partial charge in [0.25, 0.3) is 5.69 Å². The lowest BCUT2D eigenvalue weighted by Gasteiger charge is -2.07. The minimum Gasteiger partial charge on any atom is -0.379 e. The van der Waals surface area contributed by atoms with Gasteiger partial charge in [-0.1, -0.05) is 0 Å². The van der Waals surface area contributed by atoms with E-state index in [2.05, 4.69) is 10.3 Å². The van der Waals surface area contributed by atoms with Crippen LogP contribution < -0.4 is 5.32 Å². The maximum Gasteiger partial charge on any atom is 0.292 e. The molecule has 0 aliphatic heterocycles. The zero-order chi connectivity index (χ0) is 14.4. The third kappa shape index (κ3) is 3.29. The molecule has 0 bridgehead atoms. The van der Waals surface area contributed by atoms with Crippen LogP contribution in [0.4, 0.5) is 11.4 Å². The molecule has 1 heterocycles. The van der Waals surface area contributed by atoms with E-state index in [9.17, 15) is 10.1 Å². The van der Waals surface area contributed by atoms with Gasteiger partial charge in [-0.25, -0.2) is 0 Å². The number of nitro benzene ring substituents is 1. The van der Waals surface area contributed by atoms with E-state index in [0.29, 0.717) is 17.8 Å². The lowest BCUT2D eigenvalue weighted by atomic mass is 10.1. The van der Waals surface area contributed by atoms with Crippen molar-refractivity contribution in [3.05, 3.63) is 64.0 Å². The molecule has 0 amide bonds. The summed E-state index contributed by atoms with van der Waals surface area (Å²) in [6.07, 6.45) is 4.12. The largest absolute Gasteiger partial charge is 0.379 e. The highest BCUT2D eigenvalue weighted by atomic mass is 16.6. The normalized spacial score (nSPS) is 9.75. The summed E-state index contributed by atoms with van der Waals surface area (Å²) in [4.78, 5) is 14.4. The molecule has 2 rings (SSSR count). The Hall–Kier alpha value is -2.94. The molecule has 0 saturated carbocycles. The van der Waals surface area contributed by atoms with Gasteiger partial charge in [-0.05, 0) is 36.2 Å².